The van der Waals surface area contributed by atoms with Gasteiger partial charge in [0, 0.05) is 30.4 Å². The van der Waals surface area contributed by atoms with Crippen molar-refractivity contribution < 1.29 is 18.0 Å². The number of hydrogen-bond acceptors (Lipinski definition) is 8. The molecule has 0 aliphatic rings. The van der Waals surface area contributed by atoms with Crippen LogP contribution < -0.4 is 10.0 Å². The molecule has 0 spiro atoms. The molecule has 3 aromatic rings. The van der Waals surface area contributed by atoms with Crippen molar-refractivity contribution in [2.24, 2.45) is 0 Å². The lowest BCUT2D eigenvalue weighted by Gasteiger charge is -2.07. The van der Waals surface area contributed by atoms with Gasteiger partial charge in [0.2, 0.25) is 5.91 Å². The van der Waals surface area contributed by atoms with E-state index in [0.717, 1.165) is 6.92 Å². The Bertz CT molecular complexity index is 1080. The zero-order valence-corrected chi connectivity index (χ0v) is 15.5. The third-order valence-electron chi connectivity index (χ3n) is 3.22. The Kier molecular flexibility index (Phi) is 5.23. The van der Waals surface area contributed by atoms with E-state index in [2.05, 4.69) is 20.3 Å². The number of nitrogens with one attached hydrogen (secondary N) is 2. The SMILES string of the molecule is CC(=O)NS(=O)(=O)c1ccc(NC(=O)c2csc(-c3cnccn3)n2)cc1. The second-order valence-corrected chi connectivity index (χ2v) is 7.81. The molecule has 0 aliphatic heterocycles. The first-order chi connectivity index (χ1) is 12.8. The van der Waals surface area contributed by atoms with E-state index in [0.29, 0.717) is 16.4 Å². The van der Waals surface area contributed by atoms with Gasteiger partial charge in [0.1, 0.15) is 16.4 Å². The standard InChI is InChI=1S/C16H13N5O4S2/c1-10(22)21-27(24,25)12-4-2-11(3-5-12)19-15(23)14-9-26-16(20-14)13-8-17-6-7-18-13/h2-9H,1H3,(H,19,23)(H,21,22). The molecule has 0 atom stereocenters. The van der Waals surface area contributed by atoms with Crippen LogP contribution in [0.1, 0.15) is 17.4 Å². The van der Waals surface area contributed by atoms with Crippen LogP contribution >= 0.6 is 11.3 Å². The van der Waals surface area contributed by atoms with Crippen LogP contribution in [-0.4, -0.2) is 35.2 Å². The number of rotatable bonds is 5. The van der Waals surface area contributed by atoms with E-state index >= 15 is 0 Å². The summed E-state index contributed by atoms with van der Waals surface area (Å²) in [6, 6.07) is 5.41. The highest BCUT2D eigenvalue weighted by Gasteiger charge is 2.16. The number of aromatic nitrogens is 3. The van der Waals surface area contributed by atoms with E-state index in [-0.39, 0.29) is 10.6 Å². The minimum absolute atomic E-state index is 0.0886. The third kappa shape index (κ3) is 4.51. The maximum absolute atomic E-state index is 12.3. The summed E-state index contributed by atoms with van der Waals surface area (Å²) in [6.45, 7) is 1.11. The molecule has 3 rings (SSSR count). The van der Waals surface area contributed by atoms with Gasteiger partial charge >= 0.3 is 0 Å². The number of amides is 2. The minimum atomic E-state index is -3.92. The maximum Gasteiger partial charge on any atom is 0.275 e. The molecule has 0 unspecified atom stereocenters. The number of benzene rings is 1. The lowest BCUT2D eigenvalue weighted by atomic mass is 10.3. The summed E-state index contributed by atoms with van der Waals surface area (Å²) in [5, 5.41) is 4.78. The minimum Gasteiger partial charge on any atom is -0.321 e. The van der Waals surface area contributed by atoms with Crippen molar-refractivity contribution in [1.82, 2.24) is 19.7 Å². The molecule has 2 heterocycles. The van der Waals surface area contributed by atoms with Crippen molar-refractivity contribution in [2.75, 3.05) is 5.32 Å². The van der Waals surface area contributed by atoms with Crippen LogP contribution in [0.25, 0.3) is 10.7 Å². The molecule has 0 fully saturated rings. The number of anilines is 1. The van der Waals surface area contributed by atoms with E-state index < -0.39 is 21.8 Å². The quantitative estimate of drug-likeness (QED) is 0.662. The molecule has 27 heavy (non-hydrogen) atoms. The van der Waals surface area contributed by atoms with Gasteiger partial charge in [-0.15, -0.1) is 11.3 Å². The summed E-state index contributed by atoms with van der Waals surface area (Å²) in [5.74, 6) is -1.13. The topological polar surface area (TPSA) is 131 Å². The van der Waals surface area contributed by atoms with E-state index in [9.17, 15) is 18.0 Å². The molecule has 2 aromatic heterocycles. The van der Waals surface area contributed by atoms with E-state index in [1.165, 1.54) is 41.8 Å². The van der Waals surface area contributed by atoms with Crippen molar-refractivity contribution in [3.8, 4) is 10.7 Å². The highest BCUT2D eigenvalue weighted by molar-refractivity contribution is 7.90. The monoisotopic (exact) mass is 403 g/mol. The van der Waals surface area contributed by atoms with Crippen LogP contribution in [0.5, 0.6) is 0 Å². The van der Waals surface area contributed by atoms with Crippen LogP contribution in [0, 0.1) is 0 Å². The van der Waals surface area contributed by atoms with Crippen LogP contribution in [0.15, 0.2) is 53.1 Å². The summed E-state index contributed by atoms with van der Waals surface area (Å²) in [7, 11) is -3.92. The molecule has 1 aromatic carbocycles. The average Bonchev–Trinajstić information content (AvgIpc) is 3.12. The van der Waals surface area contributed by atoms with Crippen molar-refractivity contribution in [2.45, 2.75) is 11.8 Å². The summed E-state index contributed by atoms with van der Waals surface area (Å²) in [6.07, 6.45) is 4.63. The Hall–Kier alpha value is -3.18. The molecule has 2 N–H and O–H groups in total. The Balaban J connectivity index is 1.72. The molecule has 9 nitrogen and oxygen atoms in total. The van der Waals surface area contributed by atoms with E-state index in [1.807, 2.05) is 4.72 Å². The van der Waals surface area contributed by atoms with Gasteiger partial charge in [0.05, 0.1) is 11.1 Å². The van der Waals surface area contributed by atoms with Crippen molar-refractivity contribution in [3.63, 3.8) is 0 Å². The van der Waals surface area contributed by atoms with Gasteiger partial charge in [-0.2, -0.15) is 0 Å². The Morgan fingerprint density at radius 2 is 1.85 bits per heavy atom. The van der Waals surface area contributed by atoms with Gasteiger partial charge in [-0.3, -0.25) is 19.6 Å². The zero-order valence-electron chi connectivity index (χ0n) is 13.9. The molecule has 0 saturated heterocycles. The van der Waals surface area contributed by atoms with Crippen LogP contribution in [0.4, 0.5) is 5.69 Å². The Labute approximate surface area is 158 Å². The predicted octanol–water partition coefficient (Wildman–Crippen LogP) is 1.68. The fourth-order valence-corrected chi connectivity index (χ4v) is 3.82. The van der Waals surface area contributed by atoms with Crippen molar-refractivity contribution >= 4 is 38.9 Å². The number of hydrogen-bond donors (Lipinski definition) is 2. The smallest absolute Gasteiger partial charge is 0.275 e. The number of thiazole rings is 1. The number of carbonyl (C=O) groups is 2. The molecular formula is C16H13N5O4S2. The van der Waals surface area contributed by atoms with Crippen molar-refractivity contribution in [1.29, 1.82) is 0 Å². The average molecular weight is 403 g/mol. The lowest BCUT2D eigenvalue weighted by molar-refractivity contribution is -0.117. The molecule has 2 amide bonds. The summed E-state index contributed by atoms with van der Waals surface area (Å²) < 4.78 is 25.7. The summed E-state index contributed by atoms with van der Waals surface area (Å²) in [4.78, 5) is 35.5. The molecule has 11 heteroatoms. The first-order valence-electron chi connectivity index (χ1n) is 7.52. The fraction of sp³-hybridized carbons (Fsp3) is 0.0625. The van der Waals surface area contributed by atoms with Gasteiger partial charge in [-0.1, -0.05) is 0 Å². The van der Waals surface area contributed by atoms with Gasteiger partial charge < -0.3 is 5.32 Å². The second-order valence-electron chi connectivity index (χ2n) is 5.27. The largest absolute Gasteiger partial charge is 0.321 e. The lowest BCUT2D eigenvalue weighted by Crippen LogP contribution is -2.28. The highest BCUT2D eigenvalue weighted by Crippen LogP contribution is 2.21. The first kappa shape index (κ1) is 18.6. The van der Waals surface area contributed by atoms with E-state index in [4.69, 9.17) is 0 Å². The van der Waals surface area contributed by atoms with Crippen LogP contribution in [-0.2, 0) is 14.8 Å². The third-order valence-corrected chi connectivity index (χ3v) is 5.53. The van der Waals surface area contributed by atoms with Gasteiger partial charge in [0.25, 0.3) is 15.9 Å². The fourth-order valence-electron chi connectivity index (χ4n) is 2.07. The highest BCUT2D eigenvalue weighted by atomic mass is 32.2. The Morgan fingerprint density at radius 3 is 2.48 bits per heavy atom. The predicted molar refractivity (Wildman–Crippen MR) is 98.5 cm³/mol. The molecule has 0 saturated carbocycles. The van der Waals surface area contributed by atoms with Crippen LogP contribution in [0.2, 0.25) is 0 Å². The second kappa shape index (κ2) is 7.60. The number of sulfonamides is 1. The molecular weight excluding hydrogens is 390 g/mol. The Morgan fingerprint density at radius 1 is 1.11 bits per heavy atom. The molecule has 0 bridgehead atoms. The van der Waals surface area contributed by atoms with E-state index in [1.54, 1.807) is 17.8 Å². The summed E-state index contributed by atoms with van der Waals surface area (Å²) in [5.41, 5.74) is 1.15. The zero-order chi connectivity index (χ0) is 19.4. The molecule has 0 aliphatic carbocycles. The molecule has 138 valence electrons. The maximum atomic E-state index is 12.3. The summed E-state index contributed by atoms with van der Waals surface area (Å²) >= 11 is 1.26. The number of nitrogens with zero attached hydrogens (tertiary/aromatic N) is 3. The van der Waals surface area contributed by atoms with Crippen molar-refractivity contribution in [3.05, 3.63) is 53.9 Å². The molecule has 0 radical (unpaired) electrons. The van der Waals surface area contributed by atoms with Gasteiger partial charge in [-0.05, 0) is 24.3 Å². The first-order valence-corrected chi connectivity index (χ1v) is 9.88. The normalized spacial score (nSPS) is 11.0. The van der Waals surface area contributed by atoms with Gasteiger partial charge in [0.15, 0.2) is 0 Å². The van der Waals surface area contributed by atoms with Gasteiger partial charge in [-0.25, -0.2) is 18.1 Å². The van der Waals surface area contributed by atoms with Crippen LogP contribution in [0.3, 0.4) is 0 Å². The number of carbonyl (C=O) groups excluding carboxylic acids is 2.